The predicted molar refractivity (Wildman–Crippen MR) is 86.1 cm³/mol. The van der Waals surface area contributed by atoms with Crippen molar-refractivity contribution in [1.82, 2.24) is 4.90 Å². The van der Waals surface area contributed by atoms with Gasteiger partial charge in [0.05, 0.1) is 5.56 Å². The molecule has 0 saturated heterocycles. The second kappa shape index (κ2) is 8.76. The Morgan fingerprint density at radius 2 is 1.78 bits per heavy atom. The van der Waals surface area contributed by atoms with Crippen molar-refractivity contribution in [3.05, 3.63) is 23.8 Å². The Morgan fingerprint density at radius 1 is 1.17 bits per heavy atom. The lowest BCUT2D eigenvalue weighted by Gasteiger charge is -2.20. The van der Waals surface area contributed by atoms with Crippen LogP contribution < -0.4 is 11.1 Å². The highest BCUT2D eigenvalue weighted by Crippen LogP contribution is 2.35. The summed E-state index contributed by atoms with van der Waals surface area (Å²) in [6, 6.07) is 3.39. The second-order valence-electron chi connectivity index (χ2n) is 5.44. The van der Waals surface area contributed by atoms with E-state index >= 15 is 0 Å². The molecule has 23 heavy (non-hydrogen) atoms. The average Bonchev–Trinajstić information content (AvgIpc) is 2.46. The molecule has 4 nitrogen and oxygen atoms in total. The summed E-state index contributed by atoms with van der Waals surface area (Å²) < 4.78 is 38.4. The van der Waals surface area contributed by atoms with Crippen LogP contribution in [0.1, 0.15) is 38.7 Å². The number of carbonyl (C=O) groups is 1. The first-order valence-corrected chi connectivity index (χ1v) is 7.76. The molecule has 0 unspecified atom stereocenters. The van der Waals surface area contributed by atoms with Crippen LogP contribution in [0.2, 0.25) is 0 Å². The van der Waals surface area contributed by atoms with Gasteiger partial charge in [0, 0.05) is 24.3 Å². The lowest BCUT2D eigenvalue weighted by atomic mass is 10.1. The number of benzene rings is 1. The molecule has 0 atom stereocenters. The number of hydrogen-bond acceptors (Lipinski definition) is 3. The summed E-state index contributed by atoms with van der Waals surface area (Å²) in [4.78, 5) is 14.1. The Morgan fingerprint density at radius 3 is 2.30 bits per heavy atom. The van der Waals surface area contributed by atoms with Crippen LogP contribution in [0.5, 0.6) is 0 Å². The van der Waals surface area contributed by atoms with Gasteiger partial charge in [0.25, 0.3) is 0 Å². The first kappa shape index (κ1) is 19.3. The first-order valence-electron chi connectivity index (χ1n) is 7.76. The van der Waals surface area contributed by atoms with Crippen LogP contribution in [0, 0.1) is 0 Å². The fourth-order valence-corrected chi connectivity index (χ4v) is 2.33. The summed E-state index contributed by atoms with van der Waals surface area (Å²) in [5.41, 5.74) is 4.15. The van der Waals surface area contributed by atoms with Crippen molar-refractivity contribution in [2.45, 2.75) is 39.3 Å². The molecule has 1 aromatic rings. The molecule has 3 N–H and O–H groups in total. The number of alkyl halides is 3. The van der Waals surface area contributed by atoms with Crippen LogP contribution >= 0.6 is 0 Å². The zero-order valence-electron chi connectivity index (χ0n) is 13.5. The second-order valence-corrected chi connectivity index (χ2v) is 5.44. The van der Waals surface area contributed by atoms with Crippen LogP contribution in [-0.2, 0) is 11.0 Å². The first-order chi connectivity index (χ1) is 10.8. The molecule has 0 saturated carbocycles. The van der Waals surface area contributed by atoms with Crippen LogP contribution in [0.25, 0.3) is 0 Å². The van der Waals surface area contributed by atoms with E-state index in [1.165, 1.54) is 6.07 Å². The quantitative estimate of drug-likeness (QED) is 0.714. The number of anilines is 2. The van der Waals surface area contributed by atoms with Gasteiger partial charge >= 0.3 is 6.18 Å². The van der Waals surface area contributed by atoms with Gasteiger partial charge in [0.2, 0.25) is 5.91 Å². The van der Waals surface area contributed by atoms with Crippen molar-refractivity contribution >= 4 is 17.3 Å². The normalized spacial score (nSPS) is 11.7. The number of nitrogens with two attached hydrogens (primary N) is 1. The highest BCUT2D eigenvalue weighted by atomic mass is 19.4. The molecular weight excluding hydrogens is 307 g/mol. The highest BCUT2D eigenvalue weighted by Gasteiger charge is 2.33. The van der Waals surface area contributed by atoms with Gasteiger partial charge in [0.15, 0.2) is 0 Å². The largest absolute Gasteiger partial charge is 0.418 e. The van der Waals surface area contributed by atoms with Crippen molar-refractivity contribution in [3.63, 3.8) is 0 Å². The third-order valence-electron chi connectivity index (χ3n) is 3.38. The molecule has 1 aromatic carbocycles. The maximum atomic E-state index is 12.8. The van der Waals surface area contributed by atoms with E-state index in [0.29, 0.717) is 6.54 Å². The van der Waals surface area contributed by atoms with E-state index in [2.05, 4.69) is 24.1 Å². The van der Waals surface area contributed by atoms with Crippen molar-refractivity contribution in [3.8, 4) is 0 Å². The van der Waals surface area contributed by atoms with Crippen LogP contribution in [0.4, 0.5) is 24.5 Å². The standard InChI is InChI=1S/C16H24F3N3O/c1-3-8-22(9-4-2)10-7-15(23)21-12-5-6-14(20)13(11-12)16(17,18)19/h5-6,11H,3-4,7-10,20H2,1-2H3,(H,21,23). The van der Waals surface area contributed by atoms with Gasteiger partial charge in [0.1, 0.15) is 0 Å². The van der Waals surface area contributed by atoms with Crippen molar-refractivity contribution in [2.24, 2.45) is 0 Å². The molecule has 0 radical (unpaired) electrons. The highest BCUT2D eigenvalue weighted by molar-refractivity contribution is 5.91. The van der Waals surface area contributed by atoms with Gasteiger partial charge in [-0.1, -0.05) is 13.8 Å². The number of nitrogen functional groups attached to an aromatic ring is 1. The van der Waals surface area contributed by atoms with E-state index in [1.807, 2.05) is 0 Å². The third kappa shape index (κ3) is 6.48. The number of nitrogens with zero attached hydrogens (tertiary/aromatic N) is 1. The minimum absolute atomic E-state index is 0.106. The van der Waals surface area contributed by atoms with Crippen molar-refractivity contribution < 1.29 is 18.0 Å². The molecule has 7 heteroatoms. The molecule has 0 spiro atoms. The van der Waals surface area contributed by atoms with Crippen LogP contribution in [0.15, 0.2) is 18.2 Å². The molecule has 1 rings (SSSR count). The maximum Gasteiger partial charge on any atom is 0.418 e. The SMILES string of the molecule is CCCN(CCC)CCC(=O)Nc1ccc(N)c(C(F)(F)F)c1. The molecule has 130 valence electrons. The van der Waals surface area contributed by atoms with Gasteiger partial charge in [-0.25, -0.2) is 0 Å². The Labute approximate surface area is 134 Å². The van der Waals surface area contributed by atoms with E-state index in [1.54, 1.807) is 0 Å². The summed E-state index contributed by atoms with van der Waals surface area (Å²) in [5, 5.41) is 2.50. The summed E-state index contributed by atoms with van der Waals surface area (Å²) in [5.74, 6) is -0.305. The molecular formula is C16H24F3N3O. The van der Waals surface area contributed by atoms with E-state index in [-0.39, 0.29) is 23.7 Å². The molecule has 0 fully saturated rings. The van der Waals surface area contributed by atoms with Crippen molar-refractivity contribution in [1.29, 1.82) is 0 Å². The Bertz CT molecular complexity index is 512. The summed E-state index contributed by atoms with van der Waals surface area (Å²) in [7, 11) is 0. The van der Waals surface area contributed by atoms with E-state index in [0.717, 1.165) is 38.1 Å². The molecule has 1 amide bonds. The van der Waals surface area contributed by atoms with Crippen LogP contribution in [0.3, 0.4) is 0 Å². The van der Waals surface area contributed by atoms with Gasteiger partial charge in [-0.15, -0.1) is 0 Å². The number of nitrogens with one attached hydrogen (secondary N) is 1. The van der Waals surface area contributed by atoms with Crippen LogP contribution in [-0.4, -0.2) is 30.4 Å². The monoisotopic (exact) mass is 331 g/mol. The Kier molecular flexibility index (Phi) is 7.35. The molecule has 0 aliphatic heterocycles. The zero-order valence-corrected chi connectivity index (χ0v) is 13.5. The zero-order chi connectivity index (χ0) is 17.5. The molecule has 0 aliphatic carbocycles. The van der Waals surface area contributed by atoms with Gasteiger partial charge in [-0.05, 0) is 44.1 Å². The lowest BCUT2D eigenvalue weighted by molar-refractivity contribution is -0.136. The Balaban J connectivity index is 2.64. The number of amides is 1. The molecule has 0 bridgehead atoms. The predicted octanol–water partition coefficient (Wildman–Crippen LogP) is 3.74. The third-order valence-corrected chi connectivity index (χ3v) is 3.38. The Hall–Kier alpha value is -1.76. The molecule has 0 aromatic heterocycles. The topological polar surface area (TPSA) is 58.4 Å². The fourth-order valence-electron chi connectivity index (χ4n) is 2.33. The minimum Gasteiger partial charge on any atom is -0.398 e. The average molecular weight is 331 g/mol. The lowest BCUT2D eigenvalue weighted by Crippen LogP contribution is -2.29. The molecule has 0 aliphatic rings. The minimum atomic E-state index is -4.54. The molecule has 0 heterocycles. The number of carbonyl (C=O) groups excluding carboxylic acids is 1. The van der Waals surface area contributed by atoms with E-state index < -0.39 is 11.7 Å². The fraction of sp³-hybridized carbons (Fsp3) is 0.562. The van der Waals surface area contributed by atoms with Gasteiger partial charge in [-0.3, -0.25) is 4.79 Å². The number of halogens is 3. The summed E-state index contributed by atoms with van der Waals surface area (Å²) in [6.45, 7) is 6.53. The number of hydrogen-bond donors (Lipinski definition) is 2. The maximum absolute atomic E-state index is 12.8. The van der Waals surface area contributed by atoms with E-state index in [4.69, 9.17) is 5.73 Å². The smallest absolute Gasteiger partial charge is 0.398 e. The van der Waals surface area contributed by atoms with Gasteiger partial charge in [-0.2, -0.15) is 13.2 Å². The van der Waals surface area contributed by atoms with E-state index in [9.17, 15) is 18.0 Å². The summed E-state index contributed by atoms with van der Waals surface area (Å²) >= 11 is 0. The number of rotatable bonds is 8. The van der Waals surface area contributed by atoms with Crippen molar-refractivity contribution in [2.75, 3.05) is 30.7 Å². The summed E-state index contributed by atoms with van der Waals surface area (Å²) in [6.07, 6.45) is -2.31. The van der Waals surface area contributed by atoms with Gasteiger partial charge < -0.3 is 16.0 Å².